The Hall–Kier alpha value is -2.87. The smallest absolute Gasteiger partial charge is 0.258 e. The molecule has 0 heterocycles. The zero-order valence-electron chi connectivity index (χ0n) is 14.9. The first kappa shape index (κ1) is 20.4. The van der Waals surface area contributed by atoms with Gasteiger partial charge in [0.25, 0.3) is 5.91 Å². The van der Waals surface area contributed by atoms with Gasteiger partial charge in [-0.15, -0.1) is 6.58 Å². The lowest BCUT2D eigenvalue weighted by molar-refractivity contribution is -0.122. The van der Waals surface area contributed by atoms with E-state index in [-0.39, 0.29) is 24.6 Å². The van der Waals surface area contributed by atoms with Crippen molar-refractivity contribution < 1.29 is 22.3 Å². The number of nitrogens with one attached hydrogen (secondary N) is 1. The van der Waals surface area contributed by atoms with Crippen molar-refractivity contribution in [2.24, 2.45) is 0 Å². The molecule has 0 atom stereocenters. The van der Waals surface area contributed by atoms with Crippen LogP contribution in [0.4, 0.5) is 10.1 Å². The molecule has 0 radical (unpaired) electrons. The third-order valence-corrected chi connectivity index (χ3v) is 4.75. The third kappa shape index (κ3) is 6.10. The van der Waals surface area contributed by atoms with Crippen molar-refractivity contribution in [3.63, 3.8) is 0 Å². The maximum absolute atomic E-state index is 13.9. The number of benzene rings is 2. The minimum atomic E-state index is -3.63. The number of rotatable bonds is 9. The molecule has 0 aliphatic heterocycles. The fraction of sp³-hybridized carbons (Fsp3) is 0.211. The molecule has 1 N–H and O–H groups in total. The van der Waals surface area contributed by atoms with E-state index in [4.69, 9.17) is 4.74 Å². The largest absolute Gasteiger partial charge is 0.484 e. The molecule has 144 valence electrons. The van der Waals surface area contributed by atoms with Crippen LogP contribution in [0.3, 0.4) is 0 Å². The Kier molecular flexibility index (Phi) is 6.95. The summed E-state index contributed by atoms with van der Waals surface area (Å²) in [5, 5.41) is 2.58. The lowest BCUT2D eigenvalue weighted by atomic mass is 10.2. The lowest BCUT2D eigenvalue weighted by Gasteiger charge is -2.23. The molecular formula is C19H21FN2O4S. The summed E-state index contributed by atoms with van der Waals surface area (Å²) in [5.74, 6) is -0.361. The van der Waals surface area contributed by atoms with Gasteiger partial charge in [0.15, 0.2) is 6.61 Å². The zero-order chi connectivity index (χ0) is 19.9. The second-order valence-corrected chi connectivity index (χ2v) is 7.64. The zero-order valence-corrected chi connectivity index (χ0v) is 15.7. The fourth-order valence-corrected chi connectivity index (χ4v) is 3.15. The van der Waals surface area contributed by atoms with Gasteiger partial charge in [-0.05, 0) is 30.3 Å². The SMILES string of the molecule is C=CCNC(=O)COc1ccc(N(Cc2ccccc2F)S(C)(=O)=O)cc1. The van der Waals surface area contributed by atoms with E-state index in [1.54, 1.807) is 42.5 Å². The first-order chi connectivity index (χ1) is 12.8. The molecule has 8 heteroatoms. The van der Waals surface area contributed by atoms with Crippen LogP contribution in [0.15, 0.2) is 61.2 Å². The van der Waals surface area contributed by atoms with Gasteiger partial charge in [0, 0.05) is 12.1 Å². The number of carbonyl (C=O) groups excluding carboxylic acids is 1. The van der Waals surface area contributed by atoms with Crippen molar-refractivity contribution in [3.05, 3.63) is 72.6 Å². The maximum atomic E-state index is 13.9. The molecular weight excluding hydrogens is 371 g/mol. The number of ether oxygens (including phenoxy) is 1. The van der Waals surface area contributed by atoms with Crippen LogP contribution < -0.4 is 14.4 Å². The van der Waals surface area contributed by atoms with Crippen LogP contribution in [0, 0.1) is 5.82 Å². The van der Waals surface area contributed by atoms with E-state index in [1.807, 2.05) is 0 Å². The van der Waals surface area contributed by atoms with Gasteiger partial charge >= 0.3 is 0 Å². The Morgan fingerprint density at radius 2 is 1.89 bits per heavy atom. The van der Waals surface area contributed by atoms with Crippen LogP contribution in [0.2, 0.25) is 0 Å². The van der Waals surface area contributed by atoms with Crippen LogP contribution in [-0.4, -0.2) is 33.7 Å². The molecule has 0 aliphatic carbocycles. The van der Waals surface area contributed by atoms with Gasteiger partial charge in [0.1, 0.15) is 11.6 Å². The number of anilines is 1. The molecule has 0 spiro atoms. The second kappa shape index (κ2) is 9.18. The van der Waals surface area contributed by atoms with E-state index >= 15 is 0 Å². The number of nitrogens with zero attached hydrogens (tertiary/aromatic N) is 1. The lowest BCUT2D eigenvalue weighted by Crippen LogP contribution is -2.30. The third-order valence-electron chi connectivity index (χ3n) is 3.61. The molecule has 0 fully saturated rings. The number of amides is 1. The predicted octanol–water partition coefficient (Wildman–Crippen LogP) is 2.47. The van der Waals surface area contributed by atoms with E-state index < -0.39 is 15.8 Å². The molecule has 6 nitrogen and oxygen atoms in total. The minimum absolute atomic E-state index is 0.129. The van der Waals surface area contributed by atoms with Gasteiger partial charge in [-0.25, -0.2) is 12.8 Å². The van der Waals surface area contributed by atoms with Gasteiger partial charge in [-0.2, -0.15) is 0 Å². The highest BCUT2D eigenvalue weighted by atomic mass is 32.2. The normalized spacial score (nSPS) is 10.9. The van der Waals surface area contributed by atoms with Gasteiger partial charge in [-0.1, -0.05) is 24.3 Å². The monoisotopic (exact) mass is 392 g/mol. The number of carbonyl (C=O) groups is 1. The van der Waals surface area contributed by atoms with Crippen molar-refractivity contribution >= 4 is 21.6 Å². The molecule has 0 aromatic heterocycles. The summed E-state index contributed by atoms with van der Waals surface area (Å²) in [4.78, 5) is 11.5. The Labute approximate surface area is 158 Å². The quantitative estimate of drug-likeness (QED) is 0.665. The fourth-order valence-electron chi connectivity index (χ4n) is 2.28. The average molecular weight is 392 g/mol. The summed E-state index contributed by atoms with van der Waals surface area (Å²) in [7, 11) is -3.63. The molecule has 2 rings (SSSR count). The highest BCUT2D eigenvalue weighted by Crippen LogP contribution is 2.24. The molecule has 1 amide bonds. The highest BCUT2D eigenvalue weighted by Gasteiger charge is 2.19. The molecule has 0 saturated heterocycles. The molecule has 2 aromatic carbocycles. The van der Waals surface area contributed by atoms with E-state index in [0.29, 0.717) is 18.0 Å². The van der Waals surface area contributed by atoms with Crippen LogP contribution in [0.1, 0.15) is 5.56 Å². The van der Waals surface area contributed by atoms with Gasteiger partial charge < -0.3 is 10.1 Å². The second-order valence-electron chi connectivity index (χ2n) is 5.74. The number of hydrogen-bond acceptors (Lipinski definition) is 4. The summed E-state index contributed by atoms with van der Waals surface area (Å²) in [6, 6.07) is 12.2. The van der Waals surface area contributed by atoms with Crippen molar-refractivity contribution in [1.29, 1.82) is 0 Å². The summed E-state index contributed by atoms with van der Waals surface area (Å²) in [6.07, 6.45) is 2.62. The first-order valence-electron chi connectivity index (χ1n) is 8.13. The summed E-state index contributed by atoms with van der Waals surface area (Å²) in [5.41, 5.74) is 0.631. The topological polar surface area (TPSA) is 75.7 Å². The summed E-state index contributed by atoms with van der Waals surface area (Å²) >= 11 is 0. The maximum Gasteiger partial charge on any atom is 0.258 e. The van der Waals surface area contributed by atoms with Crippen LogP contribution >= 0.6 is 0 Å². The molecule has 27 heavy (non-hydrogen) atoms. The van der Waals surface area contributed by atoms with Crippen LogP contribution in [0.5, 0.6) is 5.75 Å². The first-order valence-corrected chi connectivity index (χ1v) is 9.97. The number of halogens is 1. The predicted molar refractivity (Wildman–Crippen MR) is 103 cm³/mol. The number of hydrogen-bond donors (Lipinski definition) is 1. The average Bonchev–Trinajstić information content (AvgIpc) is 2.63. The standard InChI is InChI=1S/C19H21FN2O4S/c1-3-12-21-19(23)14-26-17-10-8-16(9-11-17)22(27(2,24)25)13-15-6-4-5-7-18(15)20/h3-11H,1,12-14H2,2H3,(H,21,23). The molecule has 0 bridgehead atoms. The molecule has 0 aliphatic rings. The number of sulfonamides is 1. The van der Waals surface area contributed by atoms with E-state index in [1.165, 1.54) is 12.1 Å². The Morgan fingerprint density at radius 1 is 1.22 bits per heavy atom. The van der Waals surface area contributed by atoms with Crippen molar-refractivity contribution in [2.45, 2.75) is 6.54 Å². The van der Waals surface area contributed by atoms with Crippen LogP contribution in [0.25, 0.3) is 0 Å². The van der Waals surface area contributed by atoms with Crippen molar-refractivity contribution in [3.8, 4) is 5.75 Å². The minimum Gasteiger partial charge on any atom is -0.484 e. The van der Waals surface area contributed by atoms with E-state index in [2.05, 4.69) is 11.9 Å². The Bertz CT molecular complexity index is 898. The van der Waals surface area contributed by atoms with Crippen molar-refractivity contribution in [1.82, 2.24) is 5.32 Å². The van der Waals surface area contributed by atoms with E-state index in [9.17, 15) is 17.6 Å². The summed E-state index contributed by atoms with van der Waals surface area (Å²) < 4.78 is 44.7. The summed E-state index contributed by atoms with van der Waals surface area (Å²) in [6.45, 7) is 3.55. The van der Waals surface area contributed by atoms with Crippen LogP contribution in [-0.2, 0) is 21.4 Å². The van der Waals surface area contributed by atoms with Gasteiger partial charge in [0.2, 0.25) is 10.0 Å². The van der Waals surface area contributed by atoms with Gasteiger partial charge in [-0.3, -0.25) is 9.10 Å². The Balaban J connectivity index is 2.12. The van der Waals surface area contributed by atoms with Crippen molar-refractivity contribution in [2.75, 3.05) is 23.7 Å². The Morgan fingerprint density at radius 3 is 2.48 bits per heavy atom. The molecule has 0 unspecified atom stereocenters. The van der Waals surface area contributed by atoms with Gasteiger partial charge in [0.05, 0.1) is 18.5 Å². The molecule has 2 aromatic rings. The molecule has 0 saturated carbocycles. The highest BCUT2D eigenvalue weighted by molar-refractivity contribution is 7.92. The van der Waals surface area contributed by atoms with E-state index in [0.717, 1.165) is 10.6 Å².